The lowest BCUT2D eigenvalue weighted by atomic mass is 9.80. The van der Waals surface area contributed by atoms with Gasteiger partial charge in [-0.05, 0) is 80.7 Å². The van der Waals surface area contributed by atoms with Crippen LogP contribution in [0.2, 0.25) is 0 Å². The summed E-state index contributed by atoms with van der Waals surface area (Å²) in [5, 5.41) is 0. The summed E-state index contributed by atoms with van der Waals surface area (Å²) in [6.45, 7) is 5.21. The number of carbonyl (C=O) groups excluding carboxylic acids is 1. The predicted molar refractivity (Wildman–Crippen MR) is 148 cm³/mol. The molecule has 4 heteroatoms. The molecule has 1 aromatic carbocycles. The van der Waals surface area contributed by atoms with E-state index in [2.05, 4.69) is 31.0 Å². The number of hydrogen-bond donors (Lipinski definition) is 0. The van der Waals surface area contributed by atoms with Crippen LogP contribution in [-0.4, -0.2) is 17.6 Å². The first-order valence-electron chi connectivity index (χ1n) is 14.6. The highest BCUT2D eigenvalue weighted by Gasteiger charge is 2.27. The van der Waals surface area contributed by atoms with E-state index in [9.17, 15) is 4.79 Å². The summed E-state index contributed by atoms with van der Waals surface area (Å²) >= 11 is 0. The van der Waals surface area contributed by atoms with Crippen LogP contribution >= 0.6 is 0 Å². The molecule has 0 amide bonds. The molecule has 0 bridgehead atoms. The van der Waals surface area contributed by atoms with Crippen molar-refractivity contribution in [1.82, 2.24) is 4.98 Å². The van der Waals surface area contributed by atoms with Crippen molar-refractivity contribution in [3.63, 3.8) is 0 Å². The Balaban J connectivity index is 1.33. The molecule has 0 spiro atoms. The molecule has 1 saturated carbocycles. The van der Waals surface area contributed by atoms with Crippen LogP contribution in [0.4, 0.5) is 0 Å². The Morgan fingerprint density at radius 2 is 1.50 bits per heavy atom. The second-order valence-electron chi connectivity index (χ2n) is 10.5. The quantitative estimate of drug-likeness (QED) is 0.134. The van der Waals surface area contributed by atoms with Crippen LogP contribution < -0.4 is 9.47 Å². The molecule has 0 saturated heterocycles. The highest BCUT2D eigenvalue weighted by atomic mass is 16.5. The van der Waals surface area contributed by atoms with Gasteiger partial charge in [0, 0.05) is 5.69 Å². The minimum Gasteiger partial charge on any atom is -0.492 e. The Hall–Kier alpha value is -2.36. The number of hydrogen-bond acceptors (Lipinski definition) is 4. The predicted octanol–water partition coefficient (Wildman–Crippen LogP) is 8.51. The van der Waals surface area contributed by atoms with Crippen molar-refractivity contribution >= 4 is 5.97 Å². The van der Waals surface area contributed by atoms with E-state index in [4.69, 9.17) is 9.47 Å². The number of aryl methyl sites for hydroxylation is 2. The second-order valence-corrected chi connectivity index (χ2v) is 10.5. The third-order valence-corrected chi connectivity index (χ3v) is 7.52. The van der Waals surface area contributed by atoms with E-state index in [-0.39, 0.29) is 11.9 Å². The number of unbranched alkanes of at least 4 members (excludes halogenated alkanes) is 6. The molecule has 2 aromatic rings. The highest BCUT2D eigenvalue weighted by molar-refractivity contribution is 5.75. The maximum absolute atomic E-state index is 12.7. The molecule has 1 aliphatic rings. The number of aromatic nitrogens is 1. The maximum atomic E-state index is 12.7. The van der Waals surface area contributed by atoms with Gasteiger partial charge in [0.05, 0.1) is 18.7 Å². The molecule has 0 unspecified atom stereocenters. The Bertz CT molecular complexity index is 854. The molecule has 4 nitrogen and oxygen atoms in total. The number of ether oxygens (including phenoxy) is 2. The summed E-state index contributed by atoms with van der Waals surface area (Å²) in [5.41, 5.74) is 2.28. The third kappa shape index (κ3) is 10.3. The van der Waals surface area contributed by atoms with Crippen LogP contribution in [-0.2, 0) is 17.6 Å². The average molecular weight is 494 g/mol. The van der Waals surface area contributed by atoms with Crippen molar-refractivity contribution in [3.05, 3.63) is 53.9 Å². The zero-order chi connectivity index (χ0) is 25.4. The first-order valence-corrected chi connectivity index (χ1v) is 14.6. The smallest absolute Gasteiger partial charge is 0.314 e. The molecule has 0 N–H and O–H groups in total. The first-order chi connectivity index (χ1) is 17.7. The molecule has 198 valence electrons. The standard InChI is InChI=1S/C32H47NO3/c1-3-5-7-8-9-11-26-12-17-28(18-13-26)32(34)36-30-21-15-27(16-22-30)14-19-29-20-23-31(25-33-29)35-24-10-6-4-2/h15-16,20-23,25-26,28H,3-14,17-19,24H2,1-2H3. The van der Waals surface area contributed by atoms with Crippen molar-refractivity contribution in [3.8, 4) is 11.5 Å². The van der Waals surface area contributed by atoms with Crippen LogP contribution in [0.5, 0.6) is 11.5 Å². The van der Waals surface area contributed by atoms with Gasteiger partial charge >= 0.3 is 5.97 Å². The molecular weight excluding hydrogens is 446 g/mol. The van der Waals surface area contributed by atoms with Crippen molar-refractivity contribution in [2.45, 2.75) is 110 Å². The number of benzene rings is 1. The van der Waals surface area contributed by atoms with E-state index in [0.717, 1.165) is 56.1 Å². The zero-order valence-electron chi connectivity index (χ0n) is 22.7. The van der Waals surface area contributed by atoms with Crippen LogP contribution in [0.25, 0.3) is 0 Å². The van der Waals surface area contributed by atoms with Gasteiger partial charge in [0.25, 0.3) is 0 Å². The van der Waals surface area contributed by atoms with Gasteiger partial charge in [0.15, 0.2) is 0 Å². The van der Waals surface area contributed by atoms with Gasteiger partial charge in [0.1, 0.15) is 11.5 Å². The van der Waals surface area contributed by atoms with Gasteiger partial charge in [-0.15, -0.1) is 0 Å². The molecule has 1 aromatic heterocycles. The normalized spacial score (nSPS) is 17.6. The average Bonchev–Trinajstić information content (AvgIpc) is 2.91. The Labute approximate surface area is 219 Å². The number of pyridine rings is 1. The molecule has 36 heavy (non-hydrogen) atoms. The van der Waals surface area contributed by atoms with Crippen LogP contribution in [0, 0.1) is 11.8 Å². The largest absolute Gasteiger partial charge is 0.492 e. The van der Waals surface area contributed by atoms with E-state index in [1.165, 1.54) is 69.8 Å². The number of esters is 1. The van der Waals surface area contributed by atoms with Crippen molar-refractivity contribution < 1.29 is 14.3 Å². The lowest BCUT2D eigenvalue weighted by molar-refractivity contribution is -0.140. The number of nitrogens with zero attached hydrogens (tertiary/aromatic N) is 1. The molecule has 3 rings (SSSR count). The first kappa shape index (κ1) is 28.2. The number of carbonyl (C=O) groups is 1. The van der Waals surface area contributed by atoms with Gasteiger partial charge in [-0.2, -0.15) is 0 Å². The summed E-state index contributed by atoms with van der Waals surface area (Å²) in [7, 11) is 0. The van der Waals surface area contributed by atoms with E-state index >= 15 is 0 Å². The maximum Gasteiger partial charge on any atom is 0.314 e. The fourth-order valence-corrected chi connectivity index (χ4v) is 5.11. The van der Waals surface area contributed by atoms with Gasteiger partial charge in [-0.25, -0.2) is 0 Å². The molecular formula is C32H47NO3. The van der Waals surface area contributed by atoms with Crippen molar-refractivity contribution in [2.24, 2.45) is 11.8 Å². The molecule has 0 radical (unpaired) electrons. The summed E-state index contributed by atoms with van der Waals surface area (Å²) in [5.74, 6) is 2.32. The van der Waals surface area contributed by atoms with Crippen LogP contribution in [0.15, 0.2) is 42.6 Å². The number of rotatable bonds is 16. The molecule has 0 atom stereocenters. The third-order valence-electron chi connectivity index (χ3n) is 7.52. The van der Waals surface area contributed by atoms with E-state index in [0.29, 0.717) is 5.75 Å². The van der Waals surface area contributed by atoms with Crippen LogP contribution in [0.3, 0.4) is 0 Å². The molecule has 1 fully saturated rings. The summed E-state index contributed by atoms with van der Waals surface area (Å²) < 4.78 is 11.5. The SMILES string of the molecule is CCCCCCCC1CCC(C(=O)Oc2ccc(CCc3ccc(OCCCCC)cn3)cc2)CC1. The summed E-state index contributed by atoms with van der Waals surface area (Å²) in [6.07, 6.45) is 19.5. The van der Waals surface area contributed by atoms with Crippen LogP contribution in [0.1, 0.15) is 109 Å². The molecule has 1 heterocycles. The summed E-state index contributed by atoms with van der Waals surface area (Å²) in [6, 6.07) is 12.0. The van der Waals surface area contributed by atoms with E-state index < -0.39 is 0 Å². The van der Waals surface area contributed by atoms with E-state index in [1.807, 2.05) is 30.5 Å². The second kappa shape index (κ2) is 16.4. The molecule has 0 aliphatic heterocycles. The topological polar surface area (TPSA) is 48.4 Å². The zero-order valence-corrected chi connectivity index (χ0v) is 22.7. The Morgan fingerprint density at radius 3 is 2.19 bits per heavy atom. The molecule has 1 aliphatic carbocycles. The Kier molecular flexibility index (Phi) is 12.9. The van der Waals surface area contributed by atoms with Gasteiger partial charge in [-0.1, -0.05) is 77.3 Å². The minimum absolute atomic E-state index is 0.0506. The minimum atomic E-state index is -0.0506. The van der Waals surface area contributed by atoms with E-state index in [1.54, 1.807) is 0 Å². The fraction of sp³-hybridized carbons (Fsp3) is 0.625. The Morgan fingerprint density at radius 1 is 0.806 bits per heavy atom. The lowest BCUT2D eigenvalue weighted by Crippen LogP contribution is -2.25. The van der Waals surface area contributed by atoms with Gasteiger partial charge in [0.2, 0.25) is 0 Å². The highest BCUT2D eigenvalue weighted by Crippen LogP contribution is 2.33. The lowest BCUT2D eigenvalue weighted by Gasteiger charge is -2.27. The van der Waals surface area contributed by atoms with Crippen molar-refractivity contribution in [1.29, 1.82) is 0 Å². The van der Waals surface area contributed by atoms with Gasteiger partial charge in [-0.3, -0.25) is 9.78 Å². The monoisotopic (exact) mass is 493 g/mol. The summed E-state index contributed by atoms with van der Waals surface area (Å²) in [4.78, 5) is 17.2. The van der Waals surface area contributed by atoms with Gasteiger partial charge < -0.3 is 9.47 Å². The van der Waals surface area contributed by atoms with Crippen molar-refractivity contribution in [2.75, 3.05) is 6.61 Å². The fourth-order valence-electron chi connectivity index (χ4n) is 5.11.